The monoisotopic (exact) mass is 359 g/mol. The summed E-state index contributed by atoms with van der Waals surface area (Å²) in [7, 11) is 0. The summed E-state index contributed by atoms with van der Waals surface area (Å²) in [5.41, 5.74) is 0.0325. The first-order valence-electron chi connectivity index (χ1n) is 8.99. The molecule has 0 unspecified atom stereocenters. The molecule has 1 amide bonds. The smallest absolute Gasteiger partial charge is 0.220 e. The molecule has 2 nitrogen and oxygen atoms in total. The van der Waals surface area contributed by atoms with E-state index in [0.29, 0.717) is 6.42 Å². The van der Waals surface area contributed by atoms with E-state index in [1.165, 1.54) is 51.4 Å². The third-order valence-corrected chi connectivity index (χ3v) is 5.97. The Morgan fingerprint density at radius 1 is 1.10 bits per heavy atom. The van der Waals surface area contributed by atoms with Crippen LogP contribution in [0.25, 0.3) is 0 Å². The molecule has 0 spiro atoms. The molecule has 21 heavy (non-hydrogen) atoms. The van der Waals surface area contributed by atoms with E-state index in [0.717, 1.165) is 30.5 Å². The predicted octanol–water partition coefficient (Wildman–Crippen LogP) is 5.59. The second-order valence-electron chi connectivity index (χ2n) is 7.02. The van der Waals surface area contributed by atoms with Gasteiger partial charge in [-0.2, -0.15) is 0 Å². The van der Waals surface area contributed by atoms with Crippen LogP contribution in [0.2, 0.25) is 0 Å². The number of alkyl halides is 1. The second-order valence-corrected chi connectivity index (χ2v) is 7.58. The Kier molecular flexibility index (Phi) is 9.62. The number of halogens is 1. The number of rotatable bonds is 10. The second kappa shape index (κ2) is 10.6. The van der Waals surface area contributed by atoms with Crippen molar-refractivity contribution in [2.75, 3.05) is 5.33 Å². The molecule has 124 valence electrons. The van der Waals surface area contributed by atoms with Crippen LogP contribution in [0, 0.1) is 5.92 Å². The van der Waals surface area contributed by atoms with Gasteiger partial charge in [0, 0.05) is 17.3 Å². The molecule has 1 aliphatic rings. The number of carbonyl (C=O) groups excluding carboxylic acids is 1. The first-order chi connectivity index (χ1) is 10.1. The van der Waals surface area contributed by atoms with E-state index in [2.05, 4.69) is 35.1 Å². The standard InChI is InChI=1S/C18H34BrNO/c1-3-4-5-6-7-8-9-10-17(21)20-18(15-19)13-11-16(2)12-14-18/h16H,3-15H2,1-2H3,(H,20,21). The Bertz CT molecular complexity index is 285. The highest BCUT2D eigenvalue weighted by Crippen LogP contribution is 2.33. The van der Waals surface area contributed by atoms with Crippen molar-refractivity contribution in [3.8, 4) is 0 Å². The van der Waals surface area contributed by atoms with Crippen LogP contribution in [0.5, 0.6) is 0 Å². The summed E-state index contributed by atoms with van der Waals surface area (Å²) in [5.74, 6) is 1.08. The van der Waals surface area contributed by atoms with Gasteiger partial charge in [-0.1, -0.05) is 68.3 Å². The Morgan fingerprint density at radius 2 is 1.67 bits per heavy atom. The van der Waals surface area contributed by atoms with E-state index in [1.54, 1.807) is 0 Å². The summed E-state index contributed by atoms with van der Waals surface area (Å²) in [5, 5.41) is 4.23. The average Bonchev–Trinajstić information content (AvgIpc) is 2.49. The molecule has 1 rings (SSSR count). The van der Waals surface area contributed by atoms with Gasteiger partial charge in [0.25, 0.3) is 0 Å². The van der Waals surface area contributed by atoms with E-state index in [4.69, 9.17) is 0 Å². The van der Waals surface area contributed by atoms with Gasteiger partial charge in [-0.05, 0) is 38.0 Å². The Morgan fingerprint density at radius 3 is 2.24 bits per heavy atom. The lowest BCUT2D eigenvalue weighted by Crippen LogP contribution is -2.51. The van der Waals surface area contributed by atoms with Gasteiger partial charge in [-0.25, -0.2) is 0 Å². The van der Waals surface area contributed by atoms with Gasteiger partial charge in [0.2, 0.25) is 5.91 Å². The quantitative estimate of drug-likeness (QED) is 0.399. The molecule has 0 atom stereocenters. The number of hydrogen-bond acceptors (Lipinski definition) is 1. The van der Waals surface area contributed by atoms with Gasteiger partial charge in [0.1, 0.15) is 0 Å². The summed E-state index contributed by atoms with van der Waals surface area (Å²) in [6.45, 7) is 4.56. The summed E-state index contributed by atoms with van der Waals surface area (Å²) >= 11 is 3.62. The molecular formula is C18H34BrNO. The fourth-order valence-corrected chi connectivity index (χ4v) is 3.91. The maximum Gasteiger partial charge on any atom is 0.220 e. The Balaban J connectivity index is 2.14. The topological polar surface area (TPSA) is 29.1 Å². The van der Waals surface area contributed by atoms with Crippen LogP contribution in [-0.2, 0) is 4.79 Å². The third kappa shape index (κ3) is 7.67. The molecule has 3 heteroatoms. The number of unbranched alkanes of at least 4 members (excludes halogenated alkanes) is 6. The molecule has 1 saturated carbocycles. The van der Waals surface area contributed by atoms with E-state index < -0.39 is 0 Å². The maximum absolute atomic E-state index is 12.2. The zero-order valence-electron chi connectivity index (χ0n) is 14.1. The van der Waals surface area contributed by atoms with Crippen molar-refractivity contribution >= 4 is 21.8 Å². The minimum absolute atomic E-state index is 0.0325. The van der Waals surface area contributed by atoms with Crippen molar-refractivity contribution in [3.63, 3.8) is 0 Å². The fraction of sp³-hybridized carbons (Fsp3) is 0.944. The molecule has 1 N–H and O–H groups in total. The summed E-state index contributed by atoms with van der Waals surface area (Å²) in [6.07, 6.45) is 14.3. The molecule has 1 fully saturated rings. The summed E-state index contributed by atoms with van der Waals surface area (Å²) in [6, 6.07) is 0. The lowest BCUT2D eigenvalue weighted by Gasteiger charge is -2.39. The van der Waals surface area contributed by atoms with Crippen LogP contribution >= 0.6 is 15.9 Å². The van der Waals surface area contributed by atoms with E-state index in [9.17, 15) is 4.79 Å². The van der Waals surface area contributed by atoms with Crippen LogP contribution < -0.4 is 5.32 Å². The van der Waals surface area contributed by atoms with E-state index in [-0.39, 0.29) is 11.4 Å². The SMILES string of the molecule is CCCCCCCCCC(=O)NC1(CBr)CCC(C)CC1. The van der Waals surface area contributed by atoms with Crippen LogP contribution in [0.1, 0.15) is 90.9 Å². The van der Waals surface area contributed by atoms with Gasteiger partial charge in [-0.15, -0.1) is 0 Å². The number of hydrogen-bond donors (Lipinski definition) is 1. The normalized spacial score (nSPS) is 25.8. The molecule has 0 bridgehead atoms. The Labute approximate surface area is 140 Å². The van der Waals surface area contributed by atoms with Crippen LogP contribution in [0.3, 0.4) is 0 Å². The minimum Gasteiger partial charge on any atom is -0.350 e. The van der Waals surface area contributed by atoms with Crippen molar-refractivity contribution < 1.29 is 4.79 Å². The minimum atomic E-state index is 0.0325. The lowest BCUT2D eigenvalue weighted by molar-refractivity contribution is -0.123. The summed E-state index contributed by atoms with van der Waals surface area (Å²) in [4.78, 5) is 12.2. The van der Waals surface area contributed by atoms with Crippen molar-refractivity contribution in [2.45, 2.75) is 96.4 Å². The number of nitrogens with one attached hydrogen (secondary N) is 1. The van der Waals surface area contributed by atoms with Crippen LogP contribution in [0.4, 0.5) is 0 Å². The van der Waals surface area contributed by atoms with Gasteiger partial charge < -0.3 is 5.32 Å². The average molecular weight is 360 g/mol. The van der Waals surface area contributed by atoms with E-state index in [1.807, 2.05) is 0 Å². The van der Waals surface area contributed by atoms with E-state index >= 15 is 0 Å². The van der Waals surface area contributed by atoms with Crippen LogP contribution in [-0.4, -0.2) is 16.8 Å². The number of carbonyl (C=O) groups is 1. The van der Waals surface area contributed by atoms with Crippen molar-refractivity contribution in [1.29, 1.82) is 0 Å². The zero-order chi connectivity index (χ0) is 15.6. The van der Waals surface area contributed by atoms with Gasteiger partial charge >= 0.3 is 0 Å². The maximum atomic E-state index is 12.2. The molecule has 0 aromatic heterocycles. The van der Waals surface area contributed by atoms with Gasteiger partial charge in [0.15, 0.2) is 0 Å². The molecular weight excluding hydrogens is 326 g/mol. The molecule has 0 heterocycles. The summed E-state index contributed by atoms with van der Waals surface area (Å²) < 4.78 is 0. The van der Waals surface area contributed by atoms with Gasteiger partial charge in [-0.3, -0.25) is 4.79 Å². The first-order valence-corrected chi connectivity index (χ1v) is 10.1. The third-order valence-electron chi connectivity index (χ3n) is 4.90. The fourth-order valence-electron chi connectivity index (χ4n) is 3.21. The highest BCUT2D eigenvalue weighted by Gasteiger charge is 2.34. The van der Waals surface area contributed by atoms with Crippen molar-refractivity contribution in [1.82, 2.24) is 5.32 Å². The Hall–Kier alpha value is -0.0500. The van der Waals surface area contributed by atoms with Gasteiger partial charge in [0.05, 0.1) is 0 Å². The molecule has 0 aromatic rings. The largest absolute Gasteiger partial charge is 0.350 e. The molecule has 0 radical (unpaired) electrons. The van der Waals surface area contributed by atoms with Crippen molar-refractivity contribution in [3.05, 3.63) is 0 Å². The highest BCUT2D eigenvalue weighted by molar-refractivity contribution is 9.09. The molecule has 0 saturated heterocycles. The van der Waals surface area contributed by atoms with Crippen LogP contribution in [0.15, 0.2) is 0 Å². The molecule has 0 aliphatic heterocycles. The van der Waals surface area contributed by atoms with Crippen molar-refractivity contribution in [2.24, 2.45) is 5.92 Å². The number of amides is 1. The molecule has 0 aromatic carbocycles. The lowest BCUT2D eigenvalue weighted by atomic mass is 9.78. The predicted molar refractivity (Wildman–Crippen MR) is 94.9 cm³/mol. The zero-order valence-corrected chi connectivity index (χ0v) is 15.6. The first kappa shape index (κ1) is 19.0. The molecule has 1 aliphatic carbocycles. The highest BCUT2D eigenvalue weighted by atomic mass is 79.9.